The van der Waals surface area contributed by atoms with Gasteiger partial charge in [-0.2, -0.15) is 0 Å². The van der Waals surface area contributed by atoms with Crippen molar-refractivity contribution >= 4 is 22.6 Å². The molecule has 1 N–H and O–H groups in total. The maximum atomic E-state index is 14.5. The summed E-state index contributed by atoms with van der Waals surface area (Å²) in [6.07, 6.45) is -4.73. The Morgan fingerprint density at radius 2 is 1.74 bits per heavy atom. The normalized spacial score (nSPS) is 15.7. The van der Waals surface area contributed by atoms with Crippen molar-refractivity contribution in [1.82, 2.24) is 9.47 Å². The Balaban J connectivity index is 0.00000261. The van der Waals surface area contributed by atoms with Gasteiger partial charge in [0.05, 0.1) is 11.2 Å². The van der Waals surface area contributed by atoms with Crippen molar-refractivity contribution in [2.24, 2.45) is 0 Å². The number of carboxylic acids is 1. The highest BCUT2D eigenvalue weighted by Gasteiger charge is 2.34. The molecule has 0 bridgehead atoms. The van der Waals surface area contributed by atoms with Gasteiger partial charge in [0.15, 0.2) is 0 Å². The summed E-state index contributed by atoms with van der Waals surface area (Å²) in [5, 5.41) is 8.35. The fourth-order valence-electron chi connectivity index (χ4n) is 2.99. The van der Waals surface area contributed by atoms with Crippen molar-refractivity contribution in [2.75, 3.05) is 38.1 Å². The lowest BCUT2D eigenvalue weighted by Gasteiger charge is -2.34. The van der Waals surface area contributed by atoms with E-state index >= 15 is 0 Å². The molecule has 2 aromatic rings. The van der Waals surface area contributed by atoms with E-state index in [1.807, 2.05) is 11.9 Å². The number of rotatable bonds is 2. The lowest BCUT2D eigenvalue weighted by Crippen LogP contribution is -3.00. The van der Waals surface area contributed by atoms with Crippen LogP contribution < -0.4 is 22.7 Å². The minimum atomic E-state index is -4.96. The minimum absolute atomic E-state index is 0. The fraction of sp³-hybridized carbons (Fsp3) is 0.375. The van der Waals surface area contributed by atoms with Crippen LogP contribution in [-0.2, 0) is 6.30 Å². The topological polar surface area (TPSA) is 65.8 Å². The van der Waals surface area contributed by atoms with Crippen LogP contribution >= 0.6 is 0 Å². The van der Waals surface area contributed by atoms with Crippen LogP contribution in [0.3, 0.4) is 0 Å². The summed E-state index contributed by atoms with van der Waals surface area (Å²) >= 11 is 0. The number of anilines is 1. The van der Waals surface area contributed by atoms with Gasteiger partial charge in [-0.05, 0) is 19.2 Å². The first-order valence-electron chi connectivity index (χ1n) is 7.72. The van der Waals surface area contributed by atoms with Gasteiger partial charge in [0.25, 0.3) is 0 Å². The molecule has 0 spiro atoms. The van der Waals surface area contributed by atoms with E-state index in [1.165, 1.54) is 0 Å². The monoisotopic (exact) mass is 408 g/mol. The van der Waals surface area contributed by atoms with Gasteiger partial charge in [-0.15, -0.1) is 13.2 Å². The van der Waals surface area contributed by atoms with Gasteiger partial charge in [0, 0.05) is 37.8 Å². The second kappa shape index (κ2) is 7.35. The number of carboxylic acid groups (broad SMARTS) is 1. The van der Waals surface area contributed by atoms with Gasteiger partial charge in [0.1, 0.15) is 11.4 Å². The third-order valence-electron chi connectivity index (χ3n) is 4.42. The van der Waals surface area contributed by atoms with E-state index in [2.05, 4.69) is 0 Å². The summed E-state index contributed by atoms with van der Waals surface area (Å²) in [5.74, 6) is -2.67. The highest BCUT2D eigenvalue weighted by atomic mass is 35.5. The van der Waals surface area contributed by atoms with Crippen LogP contribution in [0.4, 0.5) is 23.2 Å². The smallest absolute Gasteiger partial charge is 0.488 e. The second-order valence-corrected chi connectivity index (χ2v) is 6.13. The minimum Gasteiger partial charge on any atom is -1.00 e. The zero-order valence-corrected chi connectivity index (χ0v) is 14.8. The molecule has 148 valence electrons. The molecule has 3 rings (SSSR count). The quantitative estimate of drug-likeness (QED) is 0.651. The zero-order valence-electron chi connectivity index (χ0n) is 14.1. The Bertz CT molecular complexity index is 937. The molecule has 0 aliphatic carbocycles. The Labute approximate surface area is 157 Å². The predicted octanol–water partition coefficient (Wildman–Crippen LogP) is -0.929. The average molecular weight is 409 g/mol. The maximum Gasteiger partial charge on any atom is 0.488 e. The third kappa shape index (κ3) is 3.86. The summed E-state index contributed by atoms with van der Waals surface area (Å²) in [6.45, 7) is 2.06. The molecule has 1 aliphatic heterocycles. The number of benzene rings is 1. The summed E-state index contributed by atoms with van der Waals surface area (Å²) in [5.41, 5.74) is -2.85. The summed E-state index contributed by atoms with van der Waals surface area (Å²) in [6, 6.07) is 1.64. The summed E-state index contributed by atoms with van der Waals surface area (Å²) in [7, 11) is 1.88. The molecule has 1 saturated heterocycles. The largest absolute Gasteiger partial charge is 1.00 e. The molecule has 0 unspecified atom stereocenters. The zero-order chi connectivity index (χ0) is 19.2. The first-order valence-corrected chi connectivity index (χ1v) is 7.72. The van der Waals surface area contributed by atoms with Crippen molar-refractivity contribution in [1.29, 1.82) is 0 Å². The molecule has 1 aliphatic rings. The molecular formula is C16H15ClF4N3O3-. The second-order valence-electron chi connectivity index (χ2n) is 6.13. The number of piperazine rings is 1. The van der Waals surface area contributed by atoms with Crippen LogP contribution in [0.15, 0.2) is 23.1 Å². The van der Waals surface area contributed by atoms with Gasteiger partial charge >= 0.3 is 12.3 Å². The molecule has 6 nitrogen and oxygen atoms in total. The Kier molecular flexibility index (Phi) is 5.71. The van der Waals surface area contributed by atoms with Crippen LogP contribution in [0.1, 0.15) is 10.4 Å². The van der Waals surface area contributed by atoms with E-state index < -0.39 is 40.0 Å². The van der Waals surface area contributed by atoms with E-state index in [0.717, 1.165) is 6.07 Å². The molecule has 11 heteroatoms. The summed E-state index contributed by atoms with van der Waals surface area (Å²) in [4.78, 5) is 26.9. The number of alkyl halides is 3. The lowest BCUT2D eigenvalue weighted by atomic mass is 10.1. The number of nitrogens with zero attached hydrogens (tertiary/aromatic N) is 3. The van der Waals surface area contributed by atoms with Crippen molar-refractivity contribution in [2.45, 2.75) is 6.30 Å². The molecule has 27 heavy (non-hydrogen) atoms. The molecule has 0 saturated carbocycles. The number of carbonyl (C=O) groups is 1. The molecule has 2 heterocycles. The van der Waals surface area contributed by atoms with E-state index in [1.54, 1.807) is 4.90 Å². The SMILES string of the molecule is CN1CCN(c2cc3c(cc2F)c(=O)c(C(=O)O)cn3C(F)(F)F)CC1.[Cl-]. The van der Waals surface area contributed by atoms with Crippen LogP contribution in [0.5, 0.6) is 0 Å². The molecule has 1 aromatic heterocycles. The standard InChI is InChI=1S/C16H15F4N3O3.ClH/c1-21-2-4-22(5-3-21)13-7-12-9(6-11(13)17)14(24)10(15(25)26)8-23(12)16(18,19)20;/h6-8H,2-5H2,1H3,(H,25,26);1H/p-1. The van der Waals surface area contributed by atoms with Crippen molar-refractivity contribution in [3.8, 4) is 0 Å². The predicted molar refractivity (Wildman–Crippen MR) is 86.1 cm³/mol. The van der Waals surface area contributed by atoms with Crippen LogP contribution in [-0.4, -0.2) is 53.8 Å². The number of hydrogen-bond acceptors (Lipinski definition) is 4. The number of fused-ring (bicyclic) bond motifs is 1. The number of aromatic nitrogens is 1. The summed E-state index contributed by atoms with van der Waals surface area (Å²) < 4.78 is 54.4. The molecule has 0 radical (unpaired) electrons. The van der Waals surface area contributed by atoms with E-state index in [4.69, 9.17) is 5.11 Å². The highest BCUT2D eigenvalue weighted by Crippen LogP contribution is 2.31. The van der Waals surface area contributed by atoms with Crippen LogP contribution in [0.25, 0.3) is 10.9 Å². The molecule has 0 atom stereocenters. The Hall–Kier alpha value is -2.33. The van der Waals surface area contributed by atoms with Gasteiger partial charge in [-0.25, -0.2) is 9.18 Å². The number of aromatic carboxylic acids is 1. The van der Waals surface area contributed by atoms with Crippen molar-refractivity contribution in [3.05, 3.63) is 39.9 Å². The number of hydrogen-bond donors (Lipinski definition) is 1. The maximum absolute atomic E-state index is 14.5. The van der Waals surface area contributed by atoms with E-state index in [0.29, 0.717) is 32.2 Å². The molecule has 0 amide bonds. The third-order valence-corrected chi connectivity index (χ3v) is 4.42. The van der Waals surface area contributed by atoms with E-state index in [9.17, 15) is 27.2 Å². The Morgan fingerprint density at radius 3 is 2.26 bits per heavy atom. The number of pyridine rings is 1. The number of likely N-dealkylation sites (N-methyl/N-ethyl adjacent to an activating group) is 1. The van der Waals surface area contributed by atoms with Gasteiger partial charge in [-0.3, -0.25) is 9.36 Å². The number of halogens is 5. The molecule has 1 fully saturated rings. The highest BCUT2D eigenvalue weighted by molar-refractivity contribution is 5.93. The lowest BCUT2D eigenvalue weighted by molar-refractivity contribution is -0.201. The molecule has 1 aromatic carbocycles. The van der Waals surface area contributed by atoms with E-state index in [-0.39, 0.29) is 28.9 Å². The molecular weight excluding hydrogens is 394 g/mol. The Morgan fingerprint density at radius 1 is 1.15 bits per heavy atom. The fourth-order valence-corrected chi connectivity index (χ4v) is 2.99. The first kappa shape index (κ1) is 21.0. The van der Waals surface area contributed by atoms with Crippen molar-refractivity contribution in [3.63, 3.8) is 0 Å². The first-order chi connectivity index (χ1) is 12.1. The van der Waals surface area contributed by atoms with Crippen LogP contribution in [0, 0.1) is 5.82 Å². The van der Waals surface area contributed by atoms with Gasteiger partial charge in [0.2, 0.25) is 5.43 Å². The van der Waals surface area contributed by atoms with Crippen LogP contribution in [0.2, 0.25) is 0 Å². The van der Waals surface area contributed by atoms with Gasteiger partial charge in [-0.1, -0.05) is 0 Å². The van der Waals surface area contributed by atoms with Crippen molar-refractivity contribution < 1.29 is 39.9 Å². The average Bonchev–Trinajstić information content (AvgIpc) is 2.54. The van der Waals surface area contributed by atoms with Gasteiger partial charge < -0.3 is 27.3 Å².